The monoisotopic (exact) mass is 234 g/mol. The van der Waals surface area contributed by atoms with E-state index in [0.717, 1.165) is 17.9 Å². The standard InChI is InChI=1S/C12H14N2OS/c1-9-4-6-16-11(9)7-14-12-10(8-15)3-2-5-13-12/h2-6,15H,7-8H2,1H3,(H,13,14). The molecule has 0 atom stereocenters. The fraction of sp³-hybridized carbons (Fsp3) is 0.250. The average Bonchev–Trinajstić information content (AvgIpc) is 2.72. The summed E-state index contributed by atoms with van der Waals surface area (Å²) >= 11 is 1.73. The SMILES string of the molecule is Cc1ccsc1CNc1ncccc1CO. The van der Waals surface area contributed by atoms with Crippen molar-refractivity contribution in [1.29, 1.82) is 0 Å². The summed E-state index contributed by atoms with van der Waals surface area (Å²) in [6.07, 6.45) is 1.72. The molecule has 0 spiro atoms. The molecule has 2 aromatic heterocycles. The van der Waals surface area contributed by atoms with Crippen LogP contribution in [0.1, 0.15) is 16.0 Å². The van der Waals surface area contributed by atoms with Crippen LogP contribution in [-0.4, -0.2) is 10.1 Å². The molecule has 0 aliphatic rings. The molecule has 0 fully saturated rings. The second kappa shape index (κ2) is 5.09. The number of aromatic nitrogens is 1. The van der Waals surface area contributed by atoms with E-state index in [4.69, 9.17) is 5.11 Å². The van der Waals surface area contributed by atoms with E-state index in [-0.39, 0.29) is 6.61 Å². The van der Waals surface area contributed by atoms with Crippen LogP contribution >= 0.6 is 11.3 Å². The molecule has 16 heavy (non-hydrogen) atoms. The van der Waals surface area contributed by atoms with Gasteiger partial charge in [-0.05, 0) is 30.0 Å². The Morgan fingerprint density at radius 3 is 3.00 bits per heavy atom. The van der Waals surface area contributed by atoms with Crippen LogP contribution in [-0.2, 0) is 13.2 Å². The summed E-state index contributed by atoms with van der Waals surface area (Å²) in [4.78, 5) is 5.51. The highest BCUT2D eigenvalue weighted by Crippen LogP contribution is 2.18. The topological polar surface area (TPSA) is 45.2 Å². The number of hydrogen-bond acceptors (Lipinski definition) is 4. The normalized spacial score (nSPS) is 10.4. The number of thiophene rings is 1. The smallest absolute Gasteiger partial charge is 0.131 e. The third-order valence-corrected chi connectivity index (χ3v) is 3.47. The number of aliphatic hydroxyl groups is 1. The van der Waals surface area contributed by atoms with Crippen LogP contribution in [0.3, 0.4) is 0 Å². The lowest BCUT2D eigenvalue weighted by Crippen LogP contribution is -2.04. The lowest BCUT2D eigenvalue weighted by atomic mass is 10.2. The van der Waals surface area contributed by atoms with Gasteiger partial charge >= 0.3 is 0 Å². The minimum absolute atomic E-state index is 0.0135. The quantitative estimate of drug-likeness (QED) is 0.854. The van der Waals surface area contributed by atoms with Crippen LogP contribution in [0.4, 0.5) is 5.82 Å². The van der Waals surface area contributed by atoms with Gasteiger partial charge in [-0.3, -0.25) is 0 Å². The van der Waals surface area contributed by atoms with Gasteiger partial charge < -0.3 is 10.4 Å². The van der Waals surface area contributed by atoms with E-state index in [0.29, 0.717) is 0 Å². The van der Waals surface area contributed by atoms with Gasteiger partial charge in [0.05, 0.1) is 13.2 Å². The summed E-state index contributed by atoms with van der Waals surface area (Å²) in [5.74, 6) is 0.762. The molecule has 0 amide bonds. The lowest BCUT2D eigenvalue weighted by molar-refractivity contribution is 0.282. The molecule has 2 N–H and O–H groups in total. The second-order valence-electron chi connectivity index (χ2n) is 3.55. The van der Waals surface area contributed by atoms with Crippen LogP contribution in [0.25, 0.3) is 0 Å². The molecule has 0 unspecified atom stereocenters. The fourth-order valence-electron chi connectivity index (χ4n) is 1.47. The highest BCUT2D eigenvalue weighted by Gasteiger charge is 2.03. The van der Waals surface area contributed by atoms with Gasteiger partial charge in [-0.1, -0.05) is 6.07 Å². The summed E-state index contributed by atoms with van der Waals surface area (Å²) in [5, 5.41) is 14.5. The van der Waals surface area contributed by atoms with Gasteiger partial charge in [-0.25, -0.2) is 4.98 Å². The molecule has 0 saturated carbocycles. The van der Waals surface area contributed by atoms with Gasteiger partial charge in [0.2, 0.25) is 0 Å². The third kappa shape index (κ3) is 2.40. The number of nitrogens with one attached hydrogen (secondary N) is 1. The van der Waals surface area contributed by atoms with E-state index in [1.807, 2.05) is 12.1 Å². The Morgan fingerprint density at radius 1 is 1.44 bits per heavy atom. The summed E-state index contributed by atoms with van der Waals surface area (Å²) in [6, 6.07) is 5.80. The zero-order valence-corrected chi connectivity index (χ0v) is 9.92. The molecule has 0 aliphatic carbocycles. The maximum absolute atomic E-state index is 9.15. The van der Waals surface area contributed by atoms with Crippen molar-refractivity contribution in [2.24, 2.45) is 0 Å². The molecule has 2 rings (SSSR count). The number of hydrogen-bond donors (Lipinski definition) is 2. The van der Waals surface area contributed by atoms with E-state index in [1.54, 1.807) is 17.5 Å². The summed E-state index contributed by atoms with van der Waals surface area (Å²) in [5.41, 5.74) is 2.12. The molecule has 3 nitrogen and oxygen atoms in total. The molecule has 84 valence electrons. The Morgan fingerprint density at radius 2 is 2.31 bits per heavy atom. The van der Waals surface area contributed by atoms with Crippen LogP contribution in [0.2, 0.25) is 0 Å². The zero-order valence-electron chi connectivity index (χ0n) is 9.10. The second-order valence-corrected chi connectivity index (χ2v) is 4.55. The van der Waals surface area contributed by atoms with E-state index in [1.165, 1.54) is 10.4 Å². The van der Waals surface area contributed by atoms with Crippen LogP contribution in [0, 0.1) is 6.92 Å². The Balaban J connectivity index is 2.07. The molecule has 0 aliphatic heterocycles. The molecule has 0 aromatic carbocycles. The summed E-state index contributed by atoms with van der Waals surface area (Å²) < 4.78 is 0. The maximum Gasteiger partial charge on any atom is 0.131 e. The predicted molar refractivity (Wildman–Crippen MR) is 66.5 cm³/mol. The van der Waals surface area contributed by atoms with Crippen LogP contribution in [0.15, 0.2) is 29.8 Å². The molecule has 2 aromatic rings. The Bertz CT molecular complexity index is 468. The number of pyridine rings is 1. The number of aryl methyl sites for hydroxylation is 1. The first-order chi connectivity index (χ1) is 7.81. The van der Waals surface area contributed by atoms with Gasteiger partial charge in [0.25, 0.3) is 0 Å². The first-order valence-electron chi connectivity index (χ1n) is 5.13. The van der Waals surface area contributed by atoms with E-state index >= 15 is 0 Å². The van der Waals surface area contributed by atoms with Crippen molar-refractivity contribution in [3.63, 3.8) is 0 Å². The Kier molecular flexibility index (Phi) is 3.54. The van der Waals surface area contributed by atoms with Gasteiger partial charge in [-0.2, -0.15) is 0 Å². The van der Waals surface area contributed by atoms with Gasteiger partial charge in [0.15, 0.2) is 0 Å². The van der Waals surface area contributed by atoms with Crippen molar-refractivity contribution in [2.45, 2.75) is 20.1 Å². The molecule has 4 heteroatoms. The predicted octanol–water partition coefficient (Wildman–Crippen LogP) is 2.56. The van der Waals surface area contributed by atoms with Gasteiger partial charge in [0, 0.05) is 16.6 Å². The van der Waals surface area contributed by atoms with Crippen LogP contribution in [0.5, 0.6) is 0 Å². The lowest BCUT2D eigenvalue weighted by Gasteiger charge is -2.08. The highest BCUT2D eigenvalue weighted by molar-refractivity contribution is 7.10. The Labute approximate surface area is 98.8 Å². The molecule has 2 heterocycles. The largest absolute Gasteiger partial charge is 0.392 e. The zero-order chi connectivity index (χ0) is 11.4. The minimum Gasteiger partial charge on any atom is -0.392 e. The van der Waals surface area contributed by atoms with Crippen molar-refractivity contribution < 1.29 is 5.11 Å². The molecule has 0 saturated heterocycles. The van der Waals surface area contributed by atoms with Crippen molar-refractivity contribution in [1.82, 2.24) is 4.98 Å². The van der Waals surface area contributed by atoms with Gasteiger partial charge in [-0.15, -0.1) is 11.3 Å². The first-order valence-corrected chi connectivity index (χ1v) is 6.01. The minimum atomic E-state index is 0.0135. The van der Waals surface area contributed by atoms with Gasteiger partial charge in [0.1, 0.15) is 5.82 Å². The molecular formula is C12H14N2OS. The van der Waals surface area contributed by atoms with E-state index < -0.39 is 0 Å². The third-order valence-electron chi connectivity index (χ3n) is 2.45. The van der Waals surface area contributed by atoms with Crippen molar-refractivity contribution in [3.05, 3.63) is 45.8 Å². The van der Waals surface area contributed by atoms with Crippen molar-refractivity contribution in [2.75, 3.05) is 5.32 Å². The average molecular weight is 234 g/mol. The summed E-state index contributed by atoms with van der Waals surface area (Å²) in [7, 11) is 0. The fourth-order valence-corrected chi connectivity index (χ4v) is 2.32. The number of anilines is 1. The highest BCUT2D eigenvalue weighted by atomic mass is 32.1. The van der Waals surface area contributed by atoms with E-state index in [2.05, 4.69) is 28.7 Å². The van der Waals surface area contributed by atoms with Crippen molar-refractivity contribution in [3.8, 4) is 0 Å². The molecule has 0 bridgehead atoms. The molecular weight excluding hydrogens is 220 g/mol. The number of rotatable bonds is 4. The van der Waals surface area contributed by atoms with Crippen LogP contribution < -0.4 is 5.32 Å². The van der Waals surface area contributed by atoms with E-state index in [9.17, 15) is 0 Å². The number of aliphatic hydroxyl groups excluding tert-OH is 1. The molecule has 0 radical (unpaired) electrons. The first kappa shape index (κ1) is 11.1. The number of nitrogens with zero attached hydrogens (tertiary/aromatic N) is 1. The summed E-state index contributed by atoms with van der Waals surface area (Å²) in [6.45, 7) is 2.87. The Hall–Kier alpha value is -1.39. The maximum atomic E-state index is 9.15. The van der Waals surface area contributed by atoms with Crippen molar-refractivity contribution >= 4 is 17.2 Å².